The van der Waals surface area contributed by atoms with E-state index in [0.717, 1.165) is 16.8 Å². The number of carbonyl (C=O) groups excluding carboxylic acids is 2. The maximum Gasteiger partial charge on any atom is 0.232 e. The molecule has 5 nitrogen and oxygen atoms in total. The number of hydrogen-bond acceptors (Lipinski definition) is 4. The van der Waals surface area contributed by atoms with Crippen LogP contribution in [0, 0.1) is 12.3 Å². The summed E-state index contributed by atoms with van der Waals surface area (Å²) < 4.78 is 0. The number of anilines is 1. The second-order valence-electron chi connectivity index (χ2n) is 9.41. The van der Waals surface area contributed by atoms with Crippen LogP contribution < -0.4 is 4.90 Å². The summed E-state index contributed by atoms with van der Waals surface area (Å²) in [7, 11) is 1.76. The van der Waals surface area contributed by atoms with Gasteiger partial charge in [0, 0.05) is 54.6 Å². The van der Waals surface area contributed by atoms with Crippen molar-refractivity contribution in [2.45, 2.75) is 47.0 Å². The zero-order valence-electron chi connectivity index (χ0n) is 19.7. The molecule has 0 N–H and O–H groups in total. The molecular weight excluding hydrogens is 398 g/mol. The first kappa shape index (κ1) is 23.3. The molecule has 0 aliphatic heterocycles. The van der Waals surface area contributed by atoms with Crippen molar-refractivity contribution in [3.05, 3.63) is 77.9 Å². The molecule has 0 aliphatic carbocycles. The first-order valence-electron chi connectivity index (χ1n) is 10.9. The van der Waals surface area contributed by atoms with E-state index in [1.54, 1.807) is 30.5 Å². The van der Waals surface area contributed by atoms with Crippen LogP contribution in [0.4, 0.5) is 5.69 Å². The van der Waals surface area contributed by atoms with Crippen molar-refractivity contribution in [3.8, 4) is 11.1 Å². The topological polar surface area (TPSA) is 63.2 Å². The number of ketones is 1. The highest BCUT2D eigenvalue weighted by molar-refractivity contribution is 6.02. The van der Waals surface area contributed by atoms with Gasteiger partial charge in [0.2, 0.25) is 5.91 Å². The van der Waals surface area contributed by atoms with Crippen LogP contribution in [0.2, 0.25) is 0 Å². The maximum absolute atomic E-state index is 13.3. The highest BCUT2D eigenvalue weighted by Crippen LogP contribution is 2.31. The Kier molecular flexibility index (Phi) is 6.87. The van der Waals surface area contributed by atoms with Crippen LogP contribution in [0.15, 0.2) is 61.1 Å². The maximum atomic E-state index is 13.3. The molecule has 0 spiro atoms. The molecule has 0 fully saturated rings. The standard InChI is InChI=1S/C27H31N3O2/c1-18-7-9-20(10-8-18)21-14-22(16-23(15-21)30(6)26(32)27(3,4)5)25(31)13-19(2)24-17-28-11-12-29-24/h7-12,14-17,19H,13H2,1-6H3. The second kappa shape index (κ2) is 9.43. The molecule has 0 radical (unpaired) electrons. The van der Waals surface area contributed by atoms with Crippen LogP contribution in [-0.2, 0) is 4.79 Å². The summed E-state index contributed by atoms with van der Waals surface area (Å²) in [6, 6.07) is 13.9. The second-order valence-corrected chi connectivity index (χ2v) is 9.41. The third-order valence-electron chi connectivity index (χ3n) is 5.54. The Bertz CT molecular complexity index is 1100. The van der Waals surface area contributed by atoms with Gasteiger partial charge in [0.15, 0.2) is 5.78 Å². The van der Waals surface area contributed by atoms with Crippen LogP contribution in [0.5, 0.6) is 0 Å². The number of Topliss-reactive ketones (excluding diaryl/α,β-unsaturated/α-hetero) is 1. The molecule has 0 saturated carbocycles. The number of hydrogen-bond donors (Lipinski definition) is 0. The molecular formula is C27H31N3O2. The van der Waals surface area contributed by atoms with Gasteiger partial charge in [0.05, 0.1) is 5.69 Å². The minimum atomic E-state index is -0.528. The van der Waals surface area contributed by atoms with Gasteiger partial charge in [0.25, 0.3) is 0 Å². The Balaban J connectivity index is 2.00. The first-order chi connectivity index (χ1) is 15.1. The Morgan fingerprint density at radius 2 is 1.69 bits per heavy atom. The van der Waals surface area contributed by atoms with E-state index in [-0.39, 0.29) is 17.6 Å². The summed E-state index contributed by atoms with van der Waals surface area (Å²) in [6.45, 7) is 9.69. The average molecular weight is 430 g/mol. The number of amides is 1. The molecule has 0 aliphatic rings. The smallest absolute Gasteiger partial charge is 0.232 e. The molecule has 166 valence electrons. The average Bonchev–Trinajstić information content (AvgIpc) is 2.78. The lowest BCUT2D eigenvalue weighted by Gasteiger charge is -2.27. The predicted octanol–water partition coefficient (Wildman–Crippen LogP) is 5.84. The molecule has 0 saturated heterocycles. The molecule has 1 atom stereocenters. The van der Waals surface area contributed by atoms with Crippen molar-refractivity contribution in [2.75, 3.05) is 11.9 Å². The molecule has 1 heterocycles. The third kappa shape index (κ3) is 5.47. The van der Waals surface area contributed by atoms with Crippen LogP contribution in [0.3, 0.4) is 0 Å². The van der Waals surface area contributed by atoms with Gasteiger partial charge in [-0.15, -0.1) is 0 Å². The number of aromatic nitrogens is 2. The SMILES string of the molecule is Cc1ccc(-c2cc(C(=O)CC(C)c3cnccn3)cc(N(C)C(=O)C(C)(C)C)c2)cc1. The van der Waals surface area contributed by atoms with Gasteiger partial charge in [-0.2, -0.15) is 0 Å². The minimum absolute atomic E-state index is 0.00923. The van der Waals surface area contributed by atoms with Crippen molar-refractivity contribution >= 4 is 17.4 Å². The molecule has 2 aromatic carbocycles. The summed E-state index contributed by atoms with van der Waals surface area (Å²) in [4.78, 5) is 36.3. The largest absolute Gasteiger partial charge is 0.315 e. The molecule has 3 rings (SSSR count). The predicted molar refractivity (Wildman–Crippen MR) is 129 cm³/mol. The van der Waals surface area contributed by atoms with Gasteiger partial charge in [-0.05, 0) is 36.2 Å². The van der Waals surface area contributed by atoms with E-state index in [1.807, 2.05) is 77.1 Å². The van der Waals surface area contributed by atoms with Crippen molar-refractivity contribution < 1.29 is 9.59 Å². The van der Waals surface area contributed by atoms with Gasteiger partial charge in [-0.1, -0.05) is 57.5 Å². The fourth-order valence-corrected chi connectivity index (χ4v) is 3.56. The van der Waals surface area contributed by atoms with Crippen molar-refractivity contribution in [1.29, 1.82) is 0 Å². The van der Waals surface area contributed by atoms with E-state index in [4.69, 9.17) is 0 Å². The Morgan fingerprint density at radius 3 is 2.28 bits per heavy atom. The lowest BCUT2D eigenvalue weighted by atomic mass is 9.92. The molecule has 32 heavy (non-hydrogen) atoms. The number of benzene rings is 2. The van der Waals surface area contributed by atoms with Gasteiger partial charge >= 0.3 is 0 Å². The highest BCUT2D eigenvalue weighted by atomic mass is 16.2. The van der Waals surface area contributed by atoms with Crippen molar-refractivity contribution in [3.63, 3.8) is 0 Å². The zero-order valence-corrected chi connectivity index (χ0v) is 19.7. The van der Waals surface area contributed by atoms with Crippen LogP contribution >= 0.6 is 0 Å². The quantitative estimate of drug-likeness (QED) is 0.462. The molecule has 0 bridgehead atoms. The van der Waals surface area contributed by atoms with Crippen molar-refractivity contribution in [2.24, 2.45) is 5.41 Å². The molecule has 3 aromatic rings. The van der Waals surface area contributed by atoms with E-state index < -0.39 is 5.41 Å². The normalized spacial score (nSPS) is 12.3. The number of rotatable bonds is 6. The molecule has 1 unspecified atom stereocenters. The van der Waals surface area contributed by atoms with Gasteiger partial charge in [-0.25, -0.2) is 0 Å². The molecule has 1 aromatic heterocycles. The summed E-state index contributed by atoms with van der Waals surface area (Å²) in [5, 5.41) is 0. The van der Waals surface area contributed by atoms with E-state index >= 15 is 0 Å². The van der Waals surface area contributed by atoms with Gasteiger partial charge in [-0.3, -0.25) is 19.6 Å². The van der Waals surface area contributed by atoms with Gasteiger partial charge in [0.1, 0.15) is 0 Å². The lowest BCUT2D eigenvalue weighted by molar-refractivity contribution is -0.125. The molecule has 5 heteroatoms. The highest BCUT2D eigenvalue weighted by Gasteiger charge is 2.27. The first-order valence-corrected chi connectivity index (χ1v) is 10.9. The van der Waals surface area contributed by atoms with Crippen LogP contribution in [0.25, 0.3) is 11.1 Å². The summed E-state index contributed by atoms with van der Waals surface area (Å²) >= 11 is 0. The van der Waals surface area contributed by atoms with E-state index in [2.05, 4.69) is 9.97 Å². The number of aryl methyl sites for hydroxylation is 1. The minimum Gasteiger partial charge on any atom is -0.315 e. The van der Waals surface area contributed by atoms with Gasteiger partial charge < -0.3 is 4.90 Å². The summed E-state index contributed by atoms with van der Waals surface area (Å²) in [5.74, 6) is -0.0588. The zero-order chi connectivity index (χ0) is 23.5. The summed E-state index contributed by atoms with van der Waals surface area (Å²) in [6.07, 6.45) is 5.27. The Morgan fingerprint density at radius 1 is 1.00 bits per heavy atom. The Labute approximate surface area is 190 Å². The van der Waals surface area contributed by atoms with E-state index in [0.29, 0.717) is 17.7 Å². The monoisotopic (exact) mass is 429 g/mol. The lowest BCUT2D eigenvalue weighted by Crippen LogP contribution is -2.36. The third-order valence-corrected chi connectivity index (χ3v) is 5.54. The van der Waals surface area contributed by atoms with Crippen LogP contribution in [0.1, 0.15) is 61.6 Å². The van der Waals surface area contributed by atoms with Crippen molar-refractivity contribution in [1.82, 2.24) is 9.97 Å². The Hall–Kier alpha value is -3.34. The van der Waals surface area contributed by atoms with E-state index in [9.17, 15) is 9.59 Å². The fourth-order valence-electron chi connectivity index (χ4n) is 3.56. The fraction of sp³-hybridized carbons (Fsp3) is 0.333. The number of nitrogens with zero attached hydrogens (tertiary/aromatic N) is 3. The molecule has 1 amide bonds. The van der Waals surface area contributed by atoms with Crippen LogP contribution in [-0.4, -0.2) is 28.7 Å². The van der Waals surface area contributed by atoms with E-state index in [1.165, 1.54) is 5.56 Å². The summed E-state index contributed by atoms with van der Waals surface area (Å²) in [5.41, 5.74) is 4.63. The number of carbonyl (C=O) groups is 2.